The van der Waals surface area contributed by atoms with Crippen LogP contribution < -0.4 is 15.6 Å². The maximum absolute atomic E-state index is 12.5. The molecule has 1 fully saturated rings. The molecule has 1 heterocycles. The maximum Gasteiger partial charge on any atom is 0.255 e. The number of aromatic nitrogens is 1. The summed E-state index contributed by atoms with van der Waals surface area (Å²) in [6, 6.07) is 12.4. The van der Waals surface area contributed by atoms with Crippen LogP contribution in [0.15, 0.2) is 41.2 Å². The molecule has 2 aromatic rings. The predicted octanol–water partition coefficient (Wildman–Crippen LogP) is 2.70. The fourth-order valence-electron chi connectivity index (χ4n) is 2.57. The van der Waals surface area contributed by atoms with Crippen molar-refractivity contribution in [2.24, 2.45) is 7.05 Å². The van der Waals surface area contributed by atoms with Crippen molar-refractivity contribution < 1.29 is 4.74 Å². The van der Waals surface area contributed by atoms with Gasteiger partial charge in [-0.05, 0) is 38.0 Å². The molecule has 0 amide bonds. The van der Waals surface area contributed by atoms with E-state index in [1.54, 1.807) is 4.57 Å². The molecule has 0 aliphatic heterocycles. The van der Waals surface area contributed by atoms with Gasteiger partial charge in [0.05, 0.1) is 12.3 Å². The van der Waals surface area contributed by atoms with Gasteiger partial charge >= 0.3 is 0 Å². The normalized spacial score (nSPS) is 14.1. The van der Waals surface area contributed by atoms with Crippen LogP contribution in [0.2, 0.25) is 0 Å². The number of nitrogens with zero attached hydrogens (tertiary/aromatic N) is 1. The van der Waals surface area contributed by atoms with Crippen molar-refractivity contribution in [2.75, 3.05) is 6.61 Å². The van der Waals surface area contributed by atoms with E-state index in [2.05, 4.69) is 5.32 Å². The third kappa shape index (κ3) is 3.22. The van der Waals surface area contributed by atoms with Gasteiger partial charge in [0.25, 0.3) is 5.56 Å². The number of hydrogen-bond acceptors (Lipinski definition) is 3. The molecule has 0 unspecified atom stereocenters. The zero-order valence-corrected chi connectivity index (χ0v) is 13.1. The second-order valence-corrected chi connectivity index (χ2v) is 5.72. The lowest BCUT2D eigenvalue weighted by Gasteiger charge is -2.12. The van der Waals surface area contributed by atoms with Gasteiger partial charge in [-0.1, -0.05) is 18.2 Å². The summed E-state index contributed by atoms with van der Waals surface area (Å²) in [4.78, 5) is 12.5. The smallest absolute Gasteiger partial charge is 0.255 e. The summed E-state index contributed by atoms with van der Waals surface area (Å²) >= 11 is 0. The monoisotopic (exact) mass is 298 g/mol. The Labute approximate surface area is 130 Å². The Hall–Kier alpha value is -2.07. The molecule has 4 heteroatoms. The Balaban J connectivity index is 1.88. The predicted molar refractivity (Wildman–Crippen MR) is 88.1 cm³/mol. The first kappa shape index (κ1) is 14.9. The SMILES string of the molecule is CCOc1cccc(-c2ccc(CNC3CC3)c(=O)n2C)c1. The van der Waals surface area contributed by atoms with Gasteiger partial charge < -0.3 is 14.6 Å². The molecule has 0 bridgehead atoms. The van der Waals surface area contributed by atoms with Crippen LogP contribution in [0.5, 0.6) is 5.75 Å². The number of benzene rings is 1. The standard InChI is InChI=1S/C18H22N2O2/c1-3-22-16-6-4-5-13(11-16)17-10-7-14(18(21)20(17)2)12-19-15-8-9-15/h4-7,10-11,15,19H,3,8-9,12H2,1-2H3. The maximum atomic E-state index is 12.5. The molecule has 0 spiro atoms. The average molecular weight is 298 g/mol. The average Bonchev–Trinajstić information content (AvgIpc) is 3.34. The van der Waals surface area contributed by atoms with Gasteiger partial charge in [-0.15, -0.1) is 0 Å². The summed E-state index contributed by atoms with van der Waals surface area (Å²) in [6.45, 7) is 3.24. The molecule has 116 valence electrons. The number of ether oxygens (including phenoxy) is 1. The van der Waals surface area contributed by atoms with Crippen LogP contribution in [0, 0.1) is 0 Å². The van der Waals surface area contributed by atoms with E-state index >= 15 is 0 Å². The topological polar surface area (TPSA) is 43.3 Å². The highest BCUT2D eigenvalue weighted by atomic mass is 16.5. The Bertz CT molecular complexity index is 717. The molecule has 0 radical (unpaired) electrons. The van der Waals surface area contributed by atoms with E-state index in [1.165, 1.54) is 12.8 Å². The van der Waals surface area contributed by atoms with Crippen LogP contribution >= 0.6 is 0 Å². The lowest BCUT2D eigenvalue weighted by Crippen LogP contribution is -2.27. The summed E-state index contributed by atoms with van der Waals surface area (Å²) in [5, 5.41) is 3.39. The third-order valence-electron chi connectivity index (χ3n) is 3.98. The van der Waals surface area contributed by atoms with E-state index in [0.717, 1.165) is 22.6 Å². The second kappa shape index (κ2) is 6.36. The summed E-state index contributed by atoms with van der Waals surface area (Å²) in [6.07, 6.45) is 2.45. The van der Waals surface area contributed by atoms with Crippen LogP contribution in [-0.2, 0) is 13.6 Å². The van der Waals surface area contributed by atoms with Crippen LogP contribution in [0.3, 0.4) is 0 Å². The van der Waals surface area contributed by atoms with Crippen molar-refractivity contribution >= 4 is 0 Å². The number of rotatable bonds is 6. The number of nitrogens with one attached hydrogen (secondary N) is 1. The molecular weight excluding hydrogens is 276 g/mol. The molecule has 4 nitrogen and oxygen atoms in total. The Morgan fingerprint density at radius 1 is 1.27 bits per heavy atom. The van der Waals surface area contributed by atoms with Crippen molar-refractivity contribution in [3.63, 3.8) is 0 Å². The largest absolute Gasteiger partial charge is 0.494 e. The van der Waals surface area contributed by atoms with Gasteiger partial charge in [0.2, 0.25) is 0 Å². The van der Waals surface area contributed by atoms with Gasteiger partial charge in [0.1, 0.15) is 5.75 Å². The van der Waals surface area contributed by atoms with E-state index < -0.39 is 0 Å². The van der Waals surface area contributed by atoms with Crippen LogP contribution in [0.4, 0.5) is 0 Å². The molecular formula is C18H22N2O2. The lowest BCUT2D eigenvalue weighted by molar-refractivity contribution is 0.340. The molecule has 1 aromatic carbocycles. The highest BCUT2D eigenvalue weighted by Gasteiger charge is 2.20. The third-order valence-corrected chi connectivity index (χ3v) is 3.98. The van der Waals surface area contributed by atoms with Gasteiger partial charge in [0.15, 0.2) is 0 Å². The Kier molecular flexibility index (Phi) is 4.29. The van der Waals surface area contributed by atoms with E-state index in [0.29, 0.717) is 19.2 Å². The van der Waals surface area contributed by atoms with Gasteiger partial charge in [-0.2, -0.15) is 0 Å². The minimum absolute atomic E-state index is 0.0625. The number of hydrogen-bond donors (Lipinski definition) is 1. The summed E-state index contributed by atoms with van der Waals surface area (Å²) in [5.74, 6) is 0.826. The highest BCUT2D eigenvalue weighted by molar-refractivity contribution is 5.61. The van der Waals surface area contributed by atoms with Crippen molar-refractivity contribution in [1.29, 1.82) is 0 Å². The van der Waals surface area contributed by atoms with E-state index in [4.69, 9.17) is 4.74 Å². The first-order chi connectivity index (χ1) is 10.7. The molecule has 22 heavy (non-hydrogen) atoms. The van der Waals surface area contributed by atoms with Crippen LogP contribution in [0.1, 0.15) is 25.3 Å². The molecule has 0 saturated heterocycles. The van der Waals surface area contributed by atoms with E-state index in [1.807, 2.05) is 50.4 Å². The molecule has 1 aliphatic carbocycles. The molecule has 1 aliphatic rings. The minimum Gasteiger partial charge on any atom is -0.494 e. The van der Waals surface area contributed by atoms with Gasteiger partial charge in [-0.25, -0.2) is 0 Å². The fourth-order valence-corrected chi connectivity index (χ4v) is 2.57. The van der Waals surface area contributed by atoms with Gasteiger partial charge in [-0.3, -0.25) is 4.79 Å². The van der Waals surface area contributed by atoms with Crippen molar-refractivity contribution in [2.45, 2.75) is 32.4 Å². The Morgan fingerprint density at radius 3 is 2.82 bits per heavy atom. The molecule has 3 rings (SSSR count). The minimum atomic E-state index is 0.0625. The quantitative estimate of drug-likeness (QED) is 0.891. The Morgan fingerprint density at radius 2 is 2.09 bits per heavy atom. The van der Waals surface area contributed by atoms with Crippen molar-refractivity contribution in [1.82, 2.24) is 9.88 Å². The zero-order valence-electron chi connectivity index (χ0n) is 13.1. The highest BCUT2D eigenvalue weighted by Crippen LogP contribution is 2.23. The second-order valence-electron chi connectivity index (χ2n) is 5.72. The van der Waals surface area contributed by atoms with Crippen LogP contribution in [-0.4, -0.2) is 17.2 Å². The molecule has 1 aromatic heterocycles. The lowest BCUT2D eigenvalue weighted by atomic mass is 10.1. The summed E-state index contributed by atoms with van der Waals surface area (Å²) < 4.78 is 7.25. The molecule has 0 atom stereocenters. The van der Waals surface area contributed by atoms with Gasteiger partial charge in [0, 0.05) is 30.8 Å². The molecule has 1 saturated carbocycles. The zero-order chi connectivity index (χ0) is 15.5. The number of pyridine rings is 1. The van der Waals surface area contributed by atoms with Crippen molar-refractivity contribution in [3.8, 4) is 17.0 Å². The summed E-state index contributed by atoms with van der Waals surface area (Å²) in [5.41, 5.74) is 2.78. The molecule has 1 N–H and O–H groups in total. The first-order valence-electron chi connectivity index (χ1n) is 7.84. The van der Waals surface area contributed by atoms with E-state index in [-0.39, 0.29) is 5.56 Å². The van der Waals surface area contributed by atoms with Crippen LogP contribution in [0.25, 0.3) is 11.3 Å². The first-order valence-corrected chi connectivity index (χ1v) is 7.84. The summed E-state index contributed by atoms with van der Waals surface area (Å²) in [7, 11) is 1.83. The fraction of sp³-hybridized carbons (Fsp3) is 0.389. The van der Waals surface area contributed by atoms with E-state index in [9.17, 15) is 4.79 Å². The van der Waals surface area contributed by atoms with Crippen molar-refractivity contribution in [3.05, 3.63) is 52.3 Å².